The maximum absolute atomic E-state index is 2.54. The first-order valence-electron chi connectivity index (χ1n) is 10.9. The highest BCUT2D eigenvalue weighted by atomic mass is 14.7. The lowest BCUT2D eigenvalue weighted by atomic mass is 9.66. The summed E-state index contributed by atoms with van der Waals surface area (Å²) in [7, 11) is 0. The fourth-order valence-corrected chi connectivity index (χ4v) is 7.98. The molecule has 4 atom stereocenters. The van der Waals surface area contributed by atoms with Crippen LogP contribution in [0.1, 0.15) is 58.8 Å². The second-order valence-electron chi connectivity index (χ2n) is 9.71. The van der Waals surface area contributed by atoms with Crippen LogP contribution in [0.4, 0.5) is 0 Å². The molecule has 0 nitrogen and oxygen atoms in total. The van der Waals surface area contributed by atoms with Gasteiger partial charge in [-0.1, -0.05) is 72.8 Å². The first-order valence-corrected chi connectivity index (χ1v) is 10.9. The summed E-state index contributed by atoms with van der Waals surface area (Å²) in [5.74, 6) is 4.96. The van der Waals surface area contributed by atoms with Crippen LogP contribution in [0, 0.1) is 11.8 Å². The minimum Gasteiger partial charge on any atom is -0.0616 e. The Morgan fingerprint density at radius 3 is 1.00 bits per heavy atom. The SMILES string of the molecule is c1ccc2cc3c(cc2c1)C1CC3C2C3CC(c4cc5ccccc5cc43)C12. The average molecular weight is 358 g/mol. The van der Waals surface area contributed by atoms with Crippen LogP contribution in [0.2, 0.25) is 0 Å². The lowest BCUT2D eigenvalue weighted by molar-refractivity contribution is 0.320. The van der Waals surface area contributed by atoms with Gasteiger partial charge < -0.3 is 0 Å². The largest absolute Gasteiger partial charge is 0.0616 e. The van der Waals surface area contributed by atoms with E-state index >= 15 is 0 Å². The number of benzene rings is 4. The molecule has 2 fully saturated rings. The highest BCUT2D eigenvalue weighted by Gasteiger charge is 2.63. The molecular weight excluding hydrogens is 336 g/mol. The zero-order chi connectivity index (χ0) is 18.0. The van der Waals surface area contributed by atoms with Crippen molar-refractivity contribution in [1.82, 2.24) is 0 Å². The Labute approximate surface area is 165 Å². The van der Waals surface area contributed by atoms with E-state index in [0.717, 1.165) is 35.5 Å². The summed E-state index contributed by atoms with van der Waals surface area (Å²) in [6.45, 7) is 0. The molecule has 0 radical (unpaired) electrons. The maximum Gasteiger partial charge on any atom is -0.0116 e. The van der Waals surface area contributed by atoms with Crippen molar-refractivity contribution >= 4 is 21.5 Å². The van der Waals surface area contributed by atoms with Crippen LogP contribution in [0.15, 0.2) is 72.8 Å². The first-order chi connectivity index (χ1) is 13.9. The van der Waals surface area contributed by atoms with Crippen molar-refractivity contribution in [2.75, 3.05) is 0 Å². The summed E-state index contributed by atoms with van der Waals surface area (Å²) in [5, 5.41) is 5.72. The van der Waals surface area contributed by atoms with Gasteiger partial charge in [0.05, 0.1) is 0 Å². The molecule has 134 valence electrons. The third-order valence-corrected chi connectivity index (χ3v) is 8.82. The molecule has 4 aromatic carbocycles. The van der Waals surface area contributed by atoms with Crippen LogP contribution < -0.4 is 0 Å². The predicted molar refractivity (Wildman–Crippen MR) is 115 cm³/mol. The van der Waals surface area contributed by atoms with Gasteiger partial charge in [0.2, 0.25) is 0 Å². The molecular formula is C28H22. The molecule has 28 heavy (non-hydrogen) atoms. The molecule has 0 aromatic heterocycles. The van der Waals surface area contributed by atoms with Crippen LogP contribution in [0.5, 0.6) is 0 Å². The summed E-state index contributed by atoms with van der Waals surface area (Å²) in [6, 6.07) is 28.1. The molecule has 0 saturated heterocycles. The molecule has 4 bridgehead atoms. The predicted octanol–water partition coefficient (Wildman–Crippen LogP) is 7.09. The lowest BCUT2D eigenvalue weighted by Crippen LogP contribution is -2.26. The Kier molecular flexibility index (Phi) is 2.41. The molecule has 8 rings (SSSR count). The minimum atomic E-state index is 0.796. The number of fused-ring (bicyclic) bond motifs is 17. The lowest BCUT2D eigenvalue weighted by Gasteiger charge is -2.37. The van der Waals surface area contributed by atoms with Crippen molar-refractivity contribution in [2.45, 2.75) is 36.5 Å². The highest BCUT2D eigenvalue weighted by Crippen LogP contribution is 2.74. The van der Waals surface area contributed by atoms with E-state index in [-0.39, 0.29) is 0 Å². The molecule has 0 amide bonds. The van der Waals surface area contributed by atoms with Gasteiger partial charge in [0.25, 0.3) is 0 Å². The van der Waals surface area contributed by atoms with Crippen molar-refractivity contribution in [2.24, 2.45) is 11.8 Å². The number of hydrogen-bond donors (Lipinski definition) is 0. The molecule has 0 spiro atoms. The van der Waals surface area contributed by atoms with Gasteiger partial charge in [0, 0.05) is 0 Å². The quantitative estimate of drug-likeness (QED) is 0.294. The van der Waals surface area contributed by atoms with Crippen LogP contribution in [0.3, 0.4) is 0 Å². The number of rotatable bonds is 0. The standard InChI is InChI=1S/C28H22/c1-2-6-16-10-20-19(9-15(16)5-1)23-13-24(20)28-26-14-25(27(23)28)21-11-17-7-3-4-8-18(17)12-22(21)26/h1-12,23-28H,13-14H2. The Balaban J connectivity index is 1.32. The van der Waals surface area contributed by atoms with Gasteiger partial charge in [0.15, 0.2) is 0 Å². The van der Waals surface area contributed by atoms with E-state index < -0.39 is 0 Å². The summed E-state index contributed by atoms with van der Waals surface area (Å²) in [5.41, 5.74) is 6.78. The Morgan fingerprint density at radius 2 is 0.714 bits per heavy atom. The average Bonchev–Trinajstić information content (AvgIpc) is 3.48. The highest BCUT2D eigenvalue weighted by molar-refractivity contribution is 5.86. The molecule has 4 aliphatic carbocycles. The molecule has 0 heterocycles. The van der Waals surface area contributed by atoms with Crippen molar-refractivity contribution in [3.63, 3.8) is 0 Å². The van der Waals surface area contributed by atoms with E-state index in [4.69, 9.17) is 0 Å². The molecule has 4 aliphatic rings. The second-order valence-corrected chi connectivity index (χ2v) is 9.71. The van der Waals surface area contributed by atoms with Crippen molar-refractivity contribution in [1.29, 1.82) is 0 Å². The third-order valence-electron chi connectivity index (χ3n) is 8.82. The van der Waals surface area contributed by atoms with Crippen molar-refractivity contribution in [3.8, 4) is 0 Å². The van der Waals surface area contributed by atoms with Gasteiger partial charge in [-0.25, -0.2) is 0 Å². The number of hydrogen-bond acceptors (Lipinski definition) is 0. The fourth-order valence-electron chi connectivity index (χ4n) is 7.98. The molecule has 4 aromatic rings. The van der Waals surface area contributed by atoms with Gasteiger partial charge in [-0.15, -0.1) is 0 Å². The van der Waals surface area contributed by atoms with Crippen LogP contribution in [0.25, 0.3) is 21.5 Å². The van der Waals surface area contributed by atoms with Crippen LogP contribution >= 0.6 is 0 Å². The summed E-state index contributed by atoms with van der Waals surface area (Å²) in [6.07, 6.45) is 2.81. The van der Waals surface area contributed by atoms with Gasteiger partial charge in [-0.05, 0) is 92.1 Å². The Hall–Kier alpha value is -2.60. The van der Waals surface area contributed by atoms with Gasteiger partial charge in [-0.2, -0.15) is 0 Å². The zero-order valence-electron chi connectivity index (χ0n) is 15.8. The van der Waals surface area contributed by atoms with E-state index in [2.05, 4.69) is 72.8 Å². The molecule has 4 unspecified atom stereocenters. The normalized spacial score (nSPS) is 33.4. The Bertz CT molecular complexity index is 1110. The molecule has 0 aliphatic heterocycles. The van der Waals surface area contributed by atoms with Gasteiger partial charge in [-0.3, -0.25) is 0 Å². The van der Waals surface area contributed by atoms with E-state index in [9.17, 15) is 0 Å². The van der Waals surface area contributed by atoms with E-state index in [1.807, 2.05) is 0 Å². The third kappa shape index (κ3) is 1.54. The van der Waals surface area contributed by atoms with Gasteiger partial charge >= 0.3 is 0 Å². The van der Waals surface area contributed by atoms with Crippen molar-refractivity contribution in [3.05, 3.63) is 95.1 Å². The maximum atomic E-state index is 2.54. The topological polar surface area (TPSA) is 0 Å². The summed E-state index contributed by atoms with van der Waals surface area (Å²) < 4.78 is 0. The molecule has 0 heteroatoms. The zero-order valence-corrected chi connectivity index (χ0v) is 15.8. The van der Waals surface area contributed by atoms with Crippen molar-refractivity contribution < 1.29 is 0 Å². The fraction of sp³-hybridized carbons (Fsp3) is 0.286. The van der Waals surface area contributed by atoms with Crippen LogP contribution in [-0.2, 0) is 0 Å². The summed E-state index contributed by atoms with van der Waals surface area (Å²) in [4.78, 5) is 0. The molecule has 0 N–H and O–H groups in total. The summed E-state index contributed by atoms with van der Waals surface area (Å²) >= 11 is 0. The van der Waals surface area contributed by atoms with E-state index in [1.165, 1.54) is 34.4 Å². The molecule has 2 saturated carbocycles. The van der Waals surface area contributed by atoms with Crippen LogP contribution in [-0.4, -0.2) is 0 Å². The smallest absolute Gasteiger partial charge is 0.0116 e. The van der Waals surface area contributed by atoms with Gasteiger partial charge in [0.1, 0.15) is 0 Å². The second kappa shape index (κ2) is 4.69. The minimum absolute atomic E-state index is 0.796. The van der Waals surface area contributed by atoms with E-state index in [0.29, 0.717) is 0 Å². The monoisotopic (exact) mass is 358 g/mol. The van der Waals surface area contributed by atoms with E-state index in [1.54, 1.807) is 22.3 Å². The first kappa shape index (κ1) is 14.4. The Morgan fingerprint density at radius 1 is 0.429 bits per heavy atom.